The second kappa shape index (κ2) is 5.19. The van der Waals surface area contributed by atoms with Crippen molar-refractivity contribution in [1.29, 1.82) is 0 Å². The predicted molar refractivity (Wildman–Crippen MR) is 88.5 cm³/mol. The van der Waals surface area contributed by atoms with Gasteiger partial charge >= 0.3 is 0 Å². The molecule has 22 heavy (non-hydrogen) atoms. The van der Waals surface area contributed by atoms with E-state index in [9.17, 15) is 0 Å². The summed E-state index contributed by atoms with van der Waals surface area (Å²) in [5, 5.41) is 15.6. The molecule has 0 radical (unpaired) electrons. The standard InChI is InChI=1S/C14H8BrClN6/c15-8-1-4-10(5-2-8)17-13-14-19-20-21-22(14)12-7-9(16)3-6-11(12)18-13/h1-7H,(H,17,18). The highest BCUT2D eigenvalue weighted by atomic mass is 79.9. The molecule has 8 heteroatoms. The number of hydrogen-bond acceptors (Lipinski definition) is 5. The number of nitrogens with zero attached hydrogens (tertiary/aromatic N) is 5. The molecule has 0 spiro atoms. The van der Waals surface area contributed by atoms with Crippen LogP contribution in [0.3, 0.4) is 0 Å². The summed E-state index contributed by atoms with van der Waals surface area (Å²) in [6.45, 7) is 0. The van der Waals surface area contributed by atoms with E-state index in [1.165, 1.54) is 0 Å². The van der Waals surface area contributed by atoms with E-state index in [-0.39, 0.29) is 0 Å². The van der Waals surface area contributed by atoms with Gasteiger partial charge in [0.25, 0.3) is 0 Å². The lowest BCUT2D eigenvalue weighted by Crippen LogP contribution is -2.01. The number of hydrogen-bond donors (Lipinski definition) is 1. The van der Waals surface area contributed by atoms with E-state index in [2.05, 4.69) is 41.8 Å². The largest absolute Gasteiger partial charge is 0.337 e. The van der Waals surface area contributed by atoms with Crippen LogP contribution in [-0.4, -0.2) is 25.0 Å². The lowest BCUT2D eigenvalue weighted by molar-refractivity contribution is 0.841. The van der Waals surface area contributed by atoms with E-state index in [1.54, 1.807) is 16.6 Å². The second-order valence-electron chi connectivity index (χ2n) is 4.64. The van der Waals surface area contributed by atoms with Gasteiger partial charge in [-0.25, -0.2) is 4.98 Å². The van der Waals surface area contributed by atoms with Crippen LogP contribution in [-0.2, 0) is 0 Å². The highest BCUT2D eigenvalue weighted by molar-refractivity contribution is 9.10. The minimum absolute atomic E-state index is 0.540. The maximum absolute atomic E-state index is 6.04. The molecule has 0 saturated heterocycles. The molecule has 0 saturated carbocycles. The van der Waals surface area contributed by atoms with Crippen LogP contribution in [0.15, 0.2) is 46.9 Å². The van der Waals surface area contributed by atoms with Crippen molar-refractivity contribution >= 4 is 55.7 Å². The van der Waals surface area contributed by atoms with Gasteiger partial charge < -0.3 is 5.32 Å². The van der Waals surface area contributed by atoms with Crippen molar-refractivity contribution in [2.24, 2.45) is 0 Å². The lowest BCUT2D eigenvalue weighted by Gasteiger charge is -2.08. The third kappa shape index (κ3) is 2.28. The van der Waals surface area contributed by atoms with Crippen molar-refractivity contribution in [3.05, 3.63) is 52.0 Å². The monoisotopic (exact) mass is 374 g/mol. The first-order valence-corrected chi connectivity index (χ1v) is 7.58. The molecular weight excluding hydrogens is 368 g/mol. The fourth-order valence-electron chi connectivity index (χ4n) is 2.18. The van der Waals surface area contributed by atoms with E-state index >= 15 is 0 Å². The summed E-state index contributed by atoms with van der Waals surface area (Å²) in [7, 11) is 0. The van der Waals surface area contributed by atoms with Crippen molar-refractivity contribution < 1.29 is 0 Å². The molecule has 1 N–H and O–H groups in total. The number of rotatable bonds is 2. The minimum Gasteiger partial charge on any atom is -0.337 e. The van der Waals surface area contributed by atoms with Crippen LogP contribution in [0.25, 0.3) is 16.7 Å². The molecule has 2 aromatic heterocycles. The molecule has 4 aromatic rings. The number of anilines is 2. The average molecular weight is 376 g/mol. The molecule has 0 unspecified atom stereocenters. The molecule has 0 amide bonds. The molecule has 0 bridgehead atoms. The number of nitrogens with one attached hydrogen (secondary N) is 1. The van der Waals surface area contributed by atoms with Gasteiger partial charge in [-0.3, -0.25) is 0 Å². The minimum atomic E-state index is 0.540. The van der Waals surface area contributed by atoms with Gasteiger partial charge in [-0.2, -0.15) is 4.52 Å². The van der Waals surface area contributed by atoms with Crippen molar-refractivity contribution in [1.82, 2.24) is 25.0 Å². The first kappa shape index (κ1) is 13.4. The van der Waals surface area contributed by atoms with Gasteiger partial charge in [-0.05, 0) is 52.9 Å². The van der Waals surface area contributed by atoms with Gasteiger partial charge in [0.05, 0.1) is 11.0 Å². The normalized spacial score (nSPS) is 11.2. The molecule has 2 aromatic carbocycles. The maximum Gasteiger partial charge on any atom is 0.222 e. The van der Waals surface area contributed by atoms with Crippen molar-refractivity contribution in [2.75, 3.05) is 5.32 Å². The van der Waals surface area contributed by atoms with Gasteiger partial charge in [-0.1, -0.05) is 27.5 Å². The van der Waals surface area contributed by atoms with Crippen molar-refractivity contribution in [3.8, 4) is 0 Å². The van der Waals surface area contributed by atoms with Gasteiger partial charge in [0.1, 0.15) is 0 Å². The zero-order valence-corrected chi connectivity index (χ0v) is 13.4. The first-order chi connectivity index (χ1) is 10.7. The Morgan fingerprint density at radius 2 is 1.91 bits per heavy atom. The topological polar surface area (TPSA) is 68.0 Å². The smallest absolute Gasteiger partial charge is 0.222 e. The third-order valence-corrected chi connectivity index (χ3v) is 3.95. The predicted octanol–water partition coefficient (Wildman–Crippen LogP) is 3.83. The molecule has 0 atom stereocenters. The second-order valence-corrected chi connectivity index (χ2v) is 5.99. The number of aromatic nitrogens is 5. The first-order valence-electron chi connectivity index (χ1n) is 6.41. The zero-order valence-electron chi connectivity index (χ0n) is 11.0. The third-order valence-electron chi connectivity index (χ3n) is 3.19. The van der Waals surface area contributed by atoms with Gasteiger partial charge in [0.15, 0.2) is 5.82 Å². The Morgan fingerprint density at radius 1 is 1.09 bits per heavy atom. The fraction of sp³-hybridized carbons (Fsp3) is 0. The molecule has 0 aliphatic heterocycles. The quantitative estimate of drug-likeness (QED) is 0.576. The molecule has 0 aliphatic rings. The van der Waals surface area contributed by atoms with E-state index in [0.717, 1.165) is 21.2 Å². The molecular formula is C14H8BrClN6. The van der Waals surface area contributed by atoms with Gasteiger partial charge in [0, 0.05) is 15.2 Å². The number of benzene rings is 2. The summed E-state index contributed by atoms with van der Waals surface area (Å²) >= 11 is 9.45. The van der Waals surface area contributed by atoms with Crippen LogP contribution in [0, 0.1) is 0 Å². The maximum atomic E-state index is 6.04. The summed E-state index contributed by atoms with van der Waals surface area (Å²) in [6, 6.07) is 13.2. The summed E-state index contributed by atoms with van der Waals surface area (Å²) < 4.78 is 2.63. The van der Waals surface area contributed by atoms with Crippen LogP contribution < -0.4 is 5.32 Å². The fourth-order valence-corrected chi connectivity index (χ4v) is 2.61. The van der Waals surface area contributed by atoms with Gasteiger partial charge in [-0.15, -0.1) is 5.10 Å². The van der Waals surface area contributed by atoms with E-state index in [0.29, 0.717) is 16.5 Å². The van der Waals surface area contributed by atoms with Crippen LogP contribution in [0.5, 0.6) is 0 Å². The number of tetrazole rings is 1. The summed E-state index contributed by atoms with van der Waals surface area (Å²) in [5.74, 6) is 0.585. The Hall–Kier alpha value is -2.25. The Kier molecular flexibility index (Phi) is 3.16. The van der Waals surface area contributed by atoms with Crippen LogP contribution in [0.1, 0.15) is 0 Å². The molecule has 6 nitrogen and oxygen atoms in total. The SMILES string of the molecule is Clc1ccc2nc(Nc3ccc(Br)cc3)c3nnnn3c2c1. The molecule has 0 aliphatic carbocycles. The zero-order chi connectivity index (χ0) is 15.1. The van der Waals surface area contributed by atoms with Crippen molar-refractivity contribution in [3.63, 3.8) is 0 Å². The molecule has 4 rings (SSSR count). The summed E-state index contributed by atoms with van der Waals surface area (Å²) in [4.78, 5) is 4.59. The van der Waals surface area contributed by atoms with Crippen LogP contribution >= 0.6 is 27.5 Å². The molecule has 0 fully saturated rings. The summed E-state index contributed by atoms with van der Waals surface area (Å²) in [5.41, 5.74) is 2.95. The summed E-state index contributed by atoms with van der Waals surface area (Å²) in [6.07, 6.45) is 0. The highest BCUT2D eigenvalue weighted by Gasteiger charge is 2.12. The van der Waals surface area contributed by atoms with Crippen LogP contribution in [0.2, 0.25) is 5.02 Å². The number of fused-ring (bicyclic) bond motifs is 3. The van der Waals surface area contributed by atoms with E-state index in [4.69, 9.17) is 11.6 Å². The van der Waals surface area contributed by atoms with Gasteiger partial charge in [0.2, 0.25) is 5.65 Å². The number of halogens is 2. The Labute approximate surface area is 138 Å². The Bertz CT molecular complexity index is 982. The average Bonchev–Trinajstić information content (AvgIpc) is 3.00. The Balaban J connectivity index is 1.90. The van der Waals surface area contributed by atoms with Crippen molar-refractivity contribution in [2.45, 2.75) is 0 Å². The lowest BCUT2D eigenvalue weighted by atomic mass is 10.3. The van der Waals surface area contributed by atoms with E-state index in [1.807, 2.05) is 30.3 Å². The van der Waals surface area contributed by atoms with E-state index < -0.39 is 0 Å². The van der Waals surface area contributed by atoms with Crippen LogP contribution in [0.4, 0.5) is 11.5 Å². The molecule has 2 heterocycles. The highest BCUT2D eigenvalue weighted by Crippen LogP contribution is 2.25. The Morgan fingerprint density at radius 3 is 2.73 bits per heavy atom. The molecule has 108 valence electrons.